The minimum absolute atomic E-state index is 0.180. The molecule has 0 aliphatic rings. The van der Waals surface area contributed by atoms with Gasteiger partial charge in [0.2, 0.25) is 0 Å². The molecule has 0 fully saturated rings. The van der Waals surface area contributed by atoms with Crippen molar-refractivity contribution in [2.45, 2.75) is 39.9 Å². The van der Waals surface area contributed by atoms with Crippen molar-refractivity contribution in [1.82, 2.24) is 0 Å². The van der Waals surface area contributed by atoms with E-state index in [-0.39, 0.29) is 12.2 Å². The van der Waals surface area contributed by atoms with Crippen molar-refractivity contribution < 1.29 is 9.47 Å². The Kier molecular flexibility index (Phi) is 4.75. The van der Waals surface area contributed by atoms with Crippen LogP contribution in [0.2, 0.25) is 0 Å². The van der Waals surface area contributed by atoms with Gasteiger partial charge in [0.05, 0.1) is 12.2 Å². The molecular formula is C22H24O2. The molecule has 0 spiro atoms. The number of hydrogen-bond donors (Lipinski definition) is 0. The molecule has 2 nitrogen and oxygen atoms in total. The van der Waals surface area contributed by atoms with Crippen LogP contribution in [0.1, 0.15) is 27.7 Å². The molecule has 0 atom stereocenters. The summed E-state index contributed by atoms with van der Waals surface area (Å²) in [5.74, 6) is 1.82. The minimum Gasteiger partial charge on any atom is -0.491 e. The normalized spacial score (nSPS) is 11.2. The first-order valence-electron chi connectivity index (χ1n) is 8.49. The average Bonchev–Trinajstić information content (AvgIpc) is 2.54. The van der Waals surface area contributed by atoms with Crippen LogP contribution in [0.25, 0.3) is 21.9 Å². The van der Waals surface area contributed by atoms with Gasteiger partial charge in [0.25, 0.3) is 0 Å². The lowest BCUT2D eigenvalue weighted by molar-refractivity contribution is 0.242. The maximum absolute atomic E-state index is 5.80. The number of hydrogen-bond acceptors (Lipinski definition) is 2. The Hall–Kier alpha value is -2.48. The maximum Gasteiger partial charge on any atom is 0.120 e. The van der Waals surface area contributed by atoms with Gasteiger partial charge in [-0.2, -0.15) is 0 Å². The molecule has 0 saturated carbocycles. The molecule has 0 aliphatic heterocycles. The summed E-state index contributed by atoms with van der Waals surface area (Å²) in [6.45, 7) is 8.16. The van der Waals surface area contributed by atoms with Crippen molar-refractivity contribution in [3.8, 4) is 22.6 Å². The van der Waals surface area contributed by atoms with Gasteiger partial charge in [-0.25, -0.2) is 0 Å². The summed E-state index contributed by atoms with van der Waals surface area (Å²) in [6, 6.07) is 21.0. The van der Waals surface area contributed by atoms with Crippen molar-refractivity contribution in [3.63, 3.8) is 0 Å². The second-order valence-electron chi connectivity index (χ2n) is 6.55. The third-order valence-electron chi connectivity index (χ3n) is 3.76. The van der Waals surface area contributed by atoms with Crippen LogP contribution in [-0.4, -0.2) is 12.2 Å². The van der Waals surface area contributed by atoms with E-state index >= 15 is 0 Å². The zero-order valence-electron chi connectivity index (χ0n) is 14.7. The smallest absolute Gasteiger partial charge is 0.120 e. The Morgan fingerprint density at radius 3 is 1.96 bits per heavy atom. The van der Waals surface area contributed by atoms with Gasteiger partial charge < -0.3 is 9.47 Å². The zero-order valence-corrected chi connectivity index (χ0v) is 14.7. The Morgan fingerprint density at radius 2 is 1.29 bits per heavy atom. The quantitative estimate of drug-likeness (QED) is 0.567. The lowest BCUT2D eigenvalue weighted by Crippen LogP contribution is -2.05. The van der Waals surface area contributed by atoms with Gasteiger partial charge in [-0.05, 0) is 73.9 Å². The summed E-state index contributed by atoms with van der Waals surface area (Å²) in [5, 5.41) is 2.42. The van der Waals surface area contributed by atoms with Crippen molar-refractivity contribution in [2.75, 3.05) is 0 Å². The first-order chi connectivity index (χ1) is 11.5. The van der Waals surface area contributed by atoms with Gasteiger partial charge in [0.15, 0.2) is 0 Å². The fourth-order valence-corrected chi connectivity index (χ4v) is 2.84. The van der Waals surface area contributed by atoms with Gasteiger partial charge in [0.1, 0.15) is 11.5 Å². The molecule has 0 aromatic heterocycles. The Bertz CT molecular complexity index is 817. The highest BCUT2D eigenvalue weighted by Gasteiger charge is 2.06. The molecule has 124 valence electrons. The molecule has 2 heteroatoms. The first-order valence-corrected chi connectivity index (χ1v) is 8.49. The summed E-state index contributed by atoms with van der Waals surface area (Å²) in [7, 11) is 0. The molecule has 3 aromatic carbocycles. The molecule has 0 unspecified atom stereocenters. The van der Waals surface area contributed by atoms with E-state index in [0.29, 0.717) is 0 Å². The van der Waals surface area contributed by atoms with Crippen LogP contribution < -0.4 is 9.47 Å². The zero-order chi connectivity index (χ0) is 17.1. The van der Waals surface area contributed by atoms with Crippen LogP contribution in [-0.2, 0) is 0 Å². The Morgan fingerprint density at radius 1 is 0.667 bits per heavy atom. The van der Waals surface area contributed by atoms with E-state index in [4.69, 9.17) is 9.47 Å². The van der Waals surface area contributed by atoms with E-state index in [0.717, 1.165) is 11.5 Å². The second kappa shape index (κ2) is 6.96. The SMILES string of the molecule is CC(C)Oc1ccc(-c2cccc3cc(OC(C)C)ccc23)cc1. The molecular weight excluding hydrogens is 296 g/mol. The fraction of sp³-hybridized carbons (Fsp3) is 0.273. The topological polar surface area (TPSA) is 18.5 Å². The number of benzene rings is 3. The van der Waals surface area contributed by atoms with E-state index in [1.54, 1.807) is 0 Å². The van der Waals surface area contributed by atoms with Crippen molar-refractivity contribution in [3.05, 3.63) is 60.7 Å². The van der Waals surface area contributed by atoms with Crippen LogP contribution in [0.15, 0.2) is 60.7 Å². The number of rotatable bonds is 5. The molecule has 0 saturated heterocycles. The molecule has 0 heterocycles. The van der Waals surface area contributed by atoms with E-state index < -0.39 is 0 Å². The fourth-order valence-electron chi connectivity index (χ4n) is 2.84. The van der Waals surface area contributed by atoms with Gasteiger partial charge in [-0.15, -0.1) is 0 Å². The second-order valence-corrected chi connectivity index (χ2v) is 6.55. The monoisotopic (exact) mass is 320 g/mol. The highest BCUT2D eigenvalue weighted by atomic mass is 16.5. The summed E-state index contributed by atoms with van der Waals surface area (Å²) < 4.78 is 11.5. The molecule has 3 rings (SSSR count). The summed E-state index contributed by atoms with van der Waals surface area (Å²) in [6.07, 6.45) is 0.368. The molecule has 0 bridgehead atoms. The summed E-state index contributed by atoms with van der Waals surface area (Å²) in [4.78, 5) is 0. The van der Waals surface area contributed by atoms with E-state index in [1.165, 1.54) is 21.9 Å². The average molecular weight is 320 g/mol. The lowest BCUT2D eigenvalue weighted by atomic mass is 9.98. The van der Waals surface area contributed by atoms with Crippen molar-refractivity contribution >= 4 is 10.8 Å². The van der Waals surface area contributed by atoms with Crippen LogP contribution >= 0.6 is 0 Å². The van der Waals surface area contributed by atoms with Gasteiger partial charge in [-0.3, -0.25) is 0 Å². The third-order valence-corrected chi connectivity index (χ3v) is 3.76. The Balaban J connectivity index is 1.97. The highest BCUT2D eigenvalue weighted by Crippen LogP contribution is 2.32. The lowest BCUT2D eigenvalue weighted by Gasteiger charge is -2.13. The molecule has 0 radical (unpaired) electrons. The van der Waals surface area contributed by atoms with Crippen LogP contribution in [0.4, 0.5) is 0 Å². The van der Waals surface area contributed by atoms with Gasteiger partial charge in [-0.1, -0.05) is 36.4 Å². The third kappa shape index (κ3) is 3.70. The first kappa shape index (κ1) is 16.4. The van der Waals surface area contributed by atoms with Gasteiger partial charge >= 0.3 is 0 Å². The van der Waals surface area contributed by atoms with E-state index in [2.05, 4.69) is 42.5 Å². The minimum atomic E-state index is 0.180. The Labute approximate surface area is 144 Å². The van der Waals surface area contributed by atoms with Crippen LogP contribution in [0.3, 0.4) is 0 Å². The van der Waals surface area contributed by atoms with Crippen LogP contribution in [0.5, 0.6) is 11.5 Å². The van der Waals surface area contributed by atoms with Crippen molar-refractivity contribution in [2.24, 2.45) is 0 Å². The highest BCUT2D eigenvalue weighted by molar-refractivity contribution is 5.97. The maximum atomic E-state index is 5.80. The van der Waals surface area contributed by atoms with E-state index in [1.807, 2.05) is 45.9 Å². The largest absolute Gasteiger partial charge is 0.491 e. The number of ether oxygens (including phenoxy) is 2. The van der Waals surface area contributed by atoms with Crippen molar-refractivity contribution in [1.29, 1.82) is 0 Å². The molecule has 0 N–H and O–H groups in total. The van der Waals surface area contributed by atoms with Crippen LogP contribution in [0, 0.1) is 0 Å². The standard InChI is InChI=1S/C22H24O2/c1-15(2)23-19-10-8-17(9-11-19)21-7-5-6-18-14-20(24-16(3)4)12-13-22(18)21/h5-16H,1-4H3. The van der Waals surface area contributed by atoms with Gasteiger partial charge in [0, 0.05) is 0 Å². The molecule has 24 heavy (non-hydrogen) atoms. The molecule has 0 amide bonds. The summed E-state index contributed by atoms with van der Waals surface area (Å²) >= 11 is 0. The summed E-state index contributed by atoms with van der Waals surface area (Å²) in [5.41, 5.74) is 2.41. The number of fused-ring (bicyclic) bond motifs is 1. The molecule has 3 aromatic rings. The predicted molar refractivity (Wildman–Crippen MR) is 101 cm³/mol. The molecule has 0 aliphatic carbocycles. The van der Waals surface area contributed by atoms with E-state index in [9.17, 15) is 0 Å². The predicted octanol–water partition coefficient (Wildman–Crippen LogP) is 6.08.